The lowest BCUT2D eigenvalue weighted by Gasteiger charge is -2.35. The highest BCUT2D eigenvalue weighted by molar-refractivity contribution is 5.86. The van der Waals surface area contributed by atoms with Gasteiger partial charge in [-0.1, -0.05) is 54.6 Å². The first kappa shape index (κ1) is 24.9. The lowest BCUT2D eigenvalue weighted by Crippen LogP contribution is -2.48. The number of rotatable bonds is 8. The van der Waals surface area contributed by atoms with E-state index in [0.29, 0.717) is 17.9 Å². The molecule has 6 nitrogen and oxygen atoms in total. The Kier molecular flexibility index (Phi) is 7.47. The van der Waals surface area contributed by atoms with Crippen LogP contribution in [0.2, 0.25) is 0 Å². The van der Waals surface area contributed by atoms with Gasteiger partial charge in [-0.2, -0.15) is 0 Å². The summed E-state index contributed by atoms with van der Waals surface area (Å²) in [5.74, 6) is 1.45. The summed E-state index contributed by atoms with van der Waals surface area (Å²) in [7, 11) is 5.35. The molecule has 1 aliphatic rings. The Hall–Kier alpha value is -3.77. The number of fused-ring (bicyclic) bond motifs is 1. The highest BCUT2D eigenvalue weighted by Crippen LogP contribution is 2.38. The van der Waals surface area contributed by atoms with Gasteiger partial charge in [-0.25, -0.2) is 0 Å². The van der Waals surface area contributed by atoms with Gasteiger partial charge in [0.05, 0.1) is 14.2 Å². The Labute approximate surface area is 219 Å². The van der Waals surface area contributed by atoms with Gasteiger partial charge in [-0.05, 0) is 34.9 Å². The van der Waals surface area contributed by atoms with Crippen LogP contribution in [-0.4, -0.2) is 60.7 Å². The number of amides is 1. The van der Waals surface area contributed by atoms with Crippen molar-refractivity contribution in [3.05, 3.63) is 95.7 Å². The SMILES string of the molecule is COc1ccc([C@@H](CC(=O)N2CCN(Cc3ccccc3)CC2)c2cn(C)c3ccccc23)cc1OC. The molecule has 192 valence electrons. The summed E-state index contributed by atoms with van der Waals surface area (Å²) in [6, 6.07) is 24.9. The third-order valence-electron chi connectivity index (χ3n) is 7.47. The van der Waals surface area contributed by atoms with Crippen molar-refractivity contribution in [2.24, 2.45) is 7.05 Å². The number of carbonyl (C=O) groups is 1. The average Bonchev–Trinajstić information content (AvgIpc) is 3.28. The first-order chi connectivity index (χ1) is 18.1. The van der Waals surface area contributed by atoms with Crippen LogP contribution in [0.15, 0.2) is 79.0 Å². The van der Waals surface area contributed by atoms with E-state index < -0.39 is 0 Å². The fourth-order valence-electron chi connectivity index (χ4n) is 5.43. The smallest absolute Gasteiger partial charge is 0.223 e. The minimum Gasteiger partial charge on any atom is -0.493 e. The summed E-state index contributed by atoms with van der Waals surface area (Å²) < 4.78 is 13.2. The number of nitrogens with zero attached hydrogens (tertiary/aromatic N) is 3. The van der Waals surface area contributed by atoms with E-state index in [1.165, 1.54) is 10.9 Å². The zero-order valence-corrected chi connectivity index (χ0v) is 21.9. The molecule has 0 bridgehead atoms. The molecule has 0 spiro atoms. The van der Waals surface area contributed by atoms with Gasteiger partial charge in [-0.15, -0.1) is 0 Å². The van der Waals surface area contributed by atoms with E-state index in [2.05, 4.69) is 77.3 Å². The van der Waals surface area contributed by atoms with Crippen LogP contribution < -0.4 is 9.47 Å². The maximum atomic E-state index is 13.7. The number of aryl methyl sites for hydroxylation is 1. The molecular formula is C31H35N3O3. The van der Waals surface area contributed by atoms with Crippen LogP contribution >= 0.6 is 0 Å². The van der Waals surface area contributed by atoms with Crippen molar-refractivity contribution in [3.63, 3.8) is 0 Å². The highest BCUT2D eigenvalue weighted by atomic mass is 16.5. The summed E-state index contributed by atoms with van der Waals surface area (Å²) in [6.07, 6.45) is 2.57. The third kappa shape index (κ3) is 5.35. The fourth-order valence-corrected chi connectivity index (χ4v) is 5.43. The van der Waals surface area contributed by atoms with Crippen LogP contribution in [0.5, 0.6) is 11.5 Å². The molecule has 0 aliphatic carbocycles. The van der Waals surface area contributed by atoms with Gasteiger partial charge in [0.25, 0.3) is 0 Å². The average molecular weight is 498 g/mol. The summed E-state index contributed by atoms with van der Waals surface area (Å²) in [4.78, 5) is 18.1. The molecule has 4 aromatic rings. The quantitative estimate of drug-likeness (QED) is 0.341. The number of aromatic nitrogens is 1. The third-order valence-corrected chi connectivity index (χ3v) is 7.47. The number of benzene rings is 3. The summed E-state index contributed by atoms with van der Waals surface area (Å²) in [5, 5.41) is 1.17. The van der Waals surface area contributed by atoms with Crippen molar-refractivity contribution >= 4 is 16.8 Å². The second kappa shape index (κ2) is 11.1. The van der Waals surface area contributed by atoms with Crippen molar-refractivity contribution in [1.29, 1.82) is 0 Å². The zero-order chi connectivity index (χ0) is 25.8. The minimum absolute atomic E-state index is 0.0965. The Morgan fingerprint density at radius 1 is 0.865 bits per heavy atom. The number of piperazine rings is 1. The number of hydrogen-bond donors (Lipinski definition) is 0. The van der Waals surface area contributed by atoms with Gasteiger partial charge < -0.3 is 18.9 Å². The van der Waals surface area contributed by atoms with E-state index in [1.807, 2.05) is 23.1 Å². The topological polar surface area (TPSA) is 46.9 Å². The molecule has 3 aromatic carbocycles. The molecule has 1 aliphatic heterocycles. The van der Waals surface area contributed by atoms with Gasteiger partial charge in [0, 0.05) is 69.2 Å². The molecule has 6 heteroatoms. The Bertz CT molecular complexity index is 1360. The van der Waals surface area contributed by atoms with E-state index in [9.17, 15) is 4.79 Å². The zero-order valence-electron chi connectivity index (χ0n) is 21.9. The second-order valence-electron chi connectivity index (χ2n) is 9.73. The fraction of sp³-hybridized carbons (Fsp3) is 0.323. The molecule has 1 amide bonds. The number of methoxy groups -OCH3 is 2. The Balaban J connectivity index is 1.38. The maximum absolute atomic E-state index is 13.7. The van der Waals surface area contributed by atoms with Gasteiger partial charge in [-0.3, -0.25) is 9.69 Å². The predicted octanol–water partition coefficient (Wildman–Crippen LogP) is 5.06. The van der Waals surface area contributed by atoms with Gasteiger partial charge in [0.15, 0.2) is 11.5 Å². The lowest BCUT2D eigenvalue weighted by molar-refractivity contribution is -0.133. The number of hydrogen-bond acceptors (Lipinski definition) is 4. The van der Waals surface area contributed by atoms with Gasteiger partial charge in [0.1, 0.15) is 0 Å². The summed E-state index contributed by atoms with van der Waals surface area (Å²) in [5.41, 5.74) is 4.67. The molecule has 5 rings (SSSR count). The molecule has 1 atom stereocenters. The molecule has 0 unspecified atom stereocenters. The van der Waals surface area contributed by atoms with Gasteiger partial charge in [0.2, 0.25) is 5.91 Å². The van der Waals surface area contributed by atoms with Crippen LogP contribution in [0, 0.1) is 0 Å². The first-order valence-corrected chi connectivity index (χ1v) is 12.9. The molecule has 0 saturated carbocycles. The Morgan fingerprint density at radius 2 is 1.57 bits per heavy atom. The van der Waals surface area contributed by atoms with Gasteiger partial charge >= 0.3 is 0 Å². The molecule has 0 radical (unpaired) electrons. The van der Waals surface area contributed by atoms with E-state index in [1.54, 1.807) is 14.2 Å². The predicted molar refractivity (Wildman–Crippen MR) is 147 cm³/mol. The van der Waals surface area contributed by atoms with E-state index in [4.69, 9.17) is 9.47 Å². The van der Waals surface area contributed by atoms with E-state index in [0.717, 1.165) is 49.4 Å². The number of ether oxygens (including phenoxy) is 2. The van der Waals surface area contributed by atoms with Crippen LogP contribution in [0.25, 0.3) is 10.9 Å². The summed E-state index contributed by atoms with van der Waals surface area (Å²) in [6.45, 7) is 4.19. The molecule has 1 fully saturated rings. The van der Waals surface area contributed by atoms with Crippen LogP contribution in [0.4, 0.5) is 0 Å². The lowest BCUT2D eigenvalue weighted by atomic mass is 9.87. The second-order valence-corrected chi connectivity index (χ2v) is 9.73. The normalized spacial score (nSPS) is 15.1. The molecule has 37 heavy (non-hydrogen) atoms. The number of carbonyl (C=O) groups excluding carboxylic acids is 1. The van der Waals surface area contributed by atoms with Crippen molar-refractivity contribution in [2.45, 2.75) is 18.9 Å². The molecular weight excluding hydrogens is 462 g/mol. The molecule has 1 aromatic heterocycles. The largest absolute Gasteiger partial charge is 0.493 e. The standard InChI is InChI=1S/C31H35N3O3/c1-32-22-27(25-11-7-8-12-28(25)32)26(24-13-14-29(36-2)30(19-24)37-3)20-31(35)34-17-15-33(16-18-34)21-23-9-5-4-6-10-23/h4-14,19,22,26H,15-18,20-21H2,1-3H3/t26-/m1/s1. The molecule has 0 N–H and O–H groups in total. The monoisotopic (exact) mass is 497 g/mol. The van der Waals surface area contributed by atoms with Crippen molar-refractivity contribution < 1.29 is 14.3 Å². The van der Waals surface area contributed by atoms with Crippen LogP contribution in [0.3, 0.4) is 0 Å². The molecule has 2 heterocycles. The molecule has 1 saturated heterocycles. The van der Waals surface area contributed by atoms with E-state index >= 15 is 0 Å². The van der Waals surface area contributed by atoms with Crippen LogP contribution in [0.1, 0.15) is 29.0 Å². The maximum Gasteiger partial charge on any atom is 0.223 e. The van der Waals surface area contributed by atoms with E-state index in [-0.39, 0.29) is 11.8 Å². The number of para-hydroxylation sites is 1. The first-order valence-electron chi connectivity index (χ1n) is 12.9. The highest BCUT2D eigenvalue weighted by Gasteiger charge is 2.28. The van der Waals surface area contributed by atoms with Crippen molar-refractivity contribution in [1.82, 2.24) is 14.4 Å². The Morgan fingerprint density at radius 3 is 2.30 bits per heavy atom. The van der Waals surface area contributed by atoms with Crippen molar-refractivity contribution in [2.75, 3.05) is 40.4 Å². The minimum atomic E-state index is -0.0965. The summed E-state index contributed by atoms with van der Waals surface area (Å²) >= 11 is 0. The van der Waals surface area contributed by atoms with Crippen LogP contribution in [-0.2, 0) is 18.4 Å². The van der Waals surface area contributed by atoms with Crippen molar-refractivity contribution in [3.8, 4) is 11.5 Å².